The second kappa shape index (κ2) is 6.44. The number of hydrogen-bond acceptors (Lipinski definition) is 4. The minimum absolute atomic E-state index is 0.425. The number of benzene rings is 1. The van der Waals surface area contributed by atoms with Crippen LogP contribution in [-0.2, 0) is 10.0 Å². The zero-order chi connectivity index (χ0) is 16.2. The quantitative estimate of drug-likeness (QED) is 0.805. The number of anilines is 3. The van der Waals surface area contributed by atoms with Crippen molar-refractivity contribution >= 4 is 33.2 Å². The number of nitrogens with one attached hydrogen (secondary N) is 3. The molecule has 1 aromatic heterocycles. The standard InChI is InChI=1S/C14H16N4O3S/c1-10-3-8-13(15-9-10)17-14(19)16-11-4-6-12(7-5-11)18-22(2,20)21/h3-9,18H,1-2H3,(H2,15,16,17,19). The van der Waals surface area contributed by atoms with E-state index in [9.17, 15) is 13.2 Å². The lowest BCUT2D eigenvalue weighted by molar-refractivity contribution is 0.262. The van der Waals surface area contributed by atoms with E-state index in [0.717, 1.165) is 11.8 Å². The second-order valence-electron chi connectivity index (χ2n) is 4.75. The molecule has 0 aliphatic carbocycles. The highest BCUT2D eigenvalue weighted by atomic mass is 32.2. The first-order valence-corrected chi connectivity index (χ1v) is 8.29. The van der Waals surface area contributed by atoms with E-state index in [1.807, 2.05) is 13.0 Å². The molecule has 0 aliphatic rings. The highest BCUT2D eigenvalue weighted by molar-refractivity contribution is 7.92. The van der Waals surface area contributed by atoms with Crippen LogP contribution >= 0.6 is 0 Å². The molecule has 0 radical (unpaired) electrons. The van der Waals surface area contributed by atoms with Crippen molar-refractivity contribution in [3.63, 3.8) is 0 Å². The lowest BCUT2D eigenvalue weighted by Crippen LogP contribution is -2.20. The average Bonchev–Trinajstić information content (AvgIpc) is 2.42. The van der Waals surface area contributed by atoms with Gasteiger partial charge in [0.05, 0.1) is 6.26 Å². The molecule has 0 bridgehead atoms. The summed E-state index contributed by atoms with van der Waals surface area (Å²) in [5.41, 5.74) is 1.96. The first-order chi connectivity index (χ1) is 10.3. The SMILES string of the molecule is Cc1ccc(NC(=O)Nc2ccc(NS(C)(=O)=O)cc2)nc1. The smallest absolute Gasteiger partial charge is 0.308 e. The van der Waals surface area contributed by atoms with Gasteiger partial charge in [0.15, 0.2) is 0 Å². The summed E-state index contributed by atoms with van der Waals surface area (Å²) >= 11 is 0. The topological polar surface area (TPSA) is 100 Å². The Balaban J connectivity index is 1.95. The molecule has 0 atom stereocenters. The minimum atomic E-state index is -3.32. The van der Waals surface area contributed by atoms with Gasteiger partial charge in [-0.25, -0.2) is 18.2 Å². The molecule has 0 fully saturated rings. The summed E-state index contributed by atoms with van der Waals surface area (Å²) in [6.45, 7) is 1.91. The lowest BCUT2D eigenvalue weighted by atomic mass is 10.3. The normalized spacial score (nSPS) is 10.8. The predicted molar refractivity (Wildman–Crippen MR) is 86.5 cm³/mol. The summed E-state index contributed by atoms with van der Waals surface area (Å²) in [6, 6.07) is 9.41. The number of aryl methyl sites for hydroxylation is 1. The molecule has 0 saturated carbocycles. The lowest BCUT2D eigenvalue weighted by Gasteiger charge is -2.08. The van der Waals surface area contributed by atoms with Crippen LogP contribution in [0.25, 0.3) is 0 Å². The molecule has 8 heteroatoms. The number of rotatable bonds is 4. The molecule has 2 amide bonds. The summed E-state index contributed by atoms with van der Waals surface area (Å²) in [5, 5.41) is 5.23. The first-order valence-electron chi connectivity index (χ1n) is 6.40. The van der Waals surface area contributed by atoms with Crippen LogP contribution in [-0.4, -0.2) is 25.7 Å². The third kappa shape index (κ3) is 5.06. The molecular formula is C14H16N4O3S. The number of pyridine rings is 1. The zero-order valence-corrected chi connectivity index (χ0v) is 12.9. The zero-order valence-electron chi connectivity index (χ0n) is 12.1. The van der Waals surface area contributed by atoms with Crippen LogP contribution in [0.2, 0.25) is 0 Å². The molecule has 0 aliphatic heterocycles. The predicted octanol–water partition coefficient (Wildman–Crippen LogP) is 2.41. The van der Waals surface area contributed by atoms with Gasteiger partial charge in [-0.2, -0.15) is 0 Å². The van der Waals surface area contributed by atoms with Crippen molar-refractivity contribution in [3.8, 4) is 0 Å². The molecular weight excluding hydrogens is 304 g/mol. The van der Waals surface area contributed by atoms with Crippen molar-refractivity contribution in [1.82, 2.24) is 4.98 Å². The summed E-state index contributed by atoms with van der Waals surface area (Å²) in [5.74, 6) is 0.443. The van der Waals surface area contributed by atoms with Crippen LogP contribution in [0.15, 0.2) is 42.6 Å². The highest BCUT2D eigenvalue weighted by Crippen LogP contribution is 2.15. The van der Waals surface area contributed by atoms with Crippen molar-refractivity contribution in [2.24, 2.45) is 0 Å². The molecule has 0 saturated heterocycles. The highest BCUT2D eigenvalue weighted by Gasteiger charge is 2.05. The van der Waals surface area contributed by atoms with Crippen molar-refractivity contribution < 1.29 is 13.2 Å². The van der Waals surface area contributed by atoms with Crippen LogP contribution in [0, 0.1) is 6.92 Å². The minimum Gasteiger partial charge on any atom is -0.308 e. The molecule has 1 aromatic carbocycles. The molecule has 2 aromatic rings. The van der Waals surface area contributed by atoms with Gasteiger partial charge in [-0.1, -0.05) is 6.07 Å². The Bertz CT molecular complexity index is 756. The van der Waals surface area contributed by atoms with Gasteiger partial charge in [-0.15, -0.1) is 0 Å². The Hall–Kier alpha value is -2.61. The van der Waals surface area contributed by atoms with Crippen LogP contribution in [0.5, 0.6) is 0 Å². The first kappa shape index (κ1) is 15.8. The van der Waals surface area contributed by atoms with E-state index < -0.39 is 16.1 Å². The third-order valence-electron chi connectivity index (χ3n) is 2.60. The summed E-state index contributed by atoms with van der Waals surface area (Å²) in [4.78, 5) is 15.9. The average molecular weight is 320 g/mol. The number of carbonyl (C=O) groups is 1. The van der Waals surface area contributed by atoms with Crippen molar-refractivity contribution in [2.75, 3.05) is 21.6 Å². The summed E-state index contributed by atoms with van der Waals surface area (Å²) < 4.78 is 24.5. The molecule has 7 nitrogen and oxygen atoms in total. The van der Waals surface area contributed by atoms with Gasteiger partial charge >= 0.3 is 6.03 Å². The molecule has 1 heterocycles. The van der Waals surface area contributed by atoms with Gasteiger partial charge in [0.1, 0.15) is 5.82 Å². The Morgan fingerprint density at radius 2 is 1.64 bits per heavy atom. The number of aromatic nitrogens is 1. The van der Waals surface area contributed by atoms with Gasteiger partial charge in [0.25, 0.3) is 0 Å². The molecule has 3 N–H and O–H groups in total. The fraction of sp³-hybridized carbons (Fsp3) is 0.143. The Morgan fingerprint density at radius 1 is 1.00 bits per heavy atom. The Kier molecular flexibility index (Phi) is 4.62. The van der Waals surface area contributed by atoms with Gasteiger partial charge < -0.3 is 5.32 Å². The number of amides is 2. The number of carbonyl (C=O) groups excluding carboxylic acids is 1. The van der Waals surface area contributed by atoms with Crippen LogP contribution in [0.3, 0.4) is 0 Å². The molecule has 116 valence electrons. The molecule has 0 spiro atoms. The maximum Gasteiger partial charge on any atom is 0.324 e. The summed E-state index contributed by atoms with van der Waals surface area (Å²) in [6.07, 6.45) is 2.72. The van der Waals surface area contributed by atoms with Crippen LogP contribution < -0.4 is 15.4 Å². The third-order valence-corrected chi connectivity index (χ3v) is 3.21. The number of urea groups is 1. The Labute approximate surface area is 128 Å². The van der Waals surface area contributed by atoms with Gasteiger partial charge in [0.2, 0.25) is 10.0 Å². The maximum atomic E-state index is 11.8. The van der Waals surface area contributed by atoms with Gasteiger partial charge in [-0.05, 0) is 42.8 Å². The van der Waals surface area contributed by atoms with E-state index in [0.29, 0.717) is 17.2 Å². The van der Waals surface area contributed by atoms with Crippen LogP contribution in [0.4, 0.5) is 22.0 Å². The molecule has 2 rings (SSSR count). The second-order valence-corrected chi connectivity index (χ2v) is 6.50. The number of sulfonamides is 1. The summed E-state index contributed by atoms with van der Waals surface area (Å²) in [7, 11) is -3.32. The van der Waals surface area contributed by atoms with Crippen molar-refractivity contribution in [3.05, 3.63) is 48.2 Å². The monoisotopic (exact) mass is 320 g/mol. The molecule has 22 heavy (non-hydrogen) atoms. The van der Waals surface area contributed by atoms with Gasteiger partial charge in [0, 0.05) is 17.6 Å². The van der Waals surface area contributed by atoms with E-state index in [1.54, 1.807) is 36.5 Å². The van der Waals surface area contributed by atoms with E-state index >= 15 is 0 Å². The maximum absolute atomic E-state index is 11.8. The van der Waals surface area contributed by atoms with Crippen molar-refractivity contribution in [1.29, 1.82) is 0 Å². The number of hydrogen-bond donors (Lipinski definition) is 3. The number of nitrogens with zero attached hydrogens (tertiary/aromatic N) is 1. The Morgan fingerprint density at radius 3 is 2.18 bits per heavy atom. The van der Waals surface area contributed by atoms with Gasteiger partial charge in [-0.3, -0.25) is 10.0 Å². The largest absolute Gasteiger partial charge is 0.324 e. The molecule has 0 unspecified atom stereocenters. The van der Waals surface area contributed by atoms with Crippen molar-refractivity contribution in [2.45, 2.75) is 6.92 Å². The van der Waals surface area contributed by atoms with Crippen LogP contribution in [0.1, 0.15) is 5.56 Å². The van der Waals surface area contributed by atoms with E-state index in [1.165, 1.54) is 0 Å². The fourth-order valence-electron chi connectivity index (χ4n) is 1.66. The van der Waals surface area contributed by atoms with E-state index in [4.69, 9.17) is 0 Å². The van der Waals surface area contributed by atoms with E-state index in [2.05, 4.69) is 20.3 Å². The van der Waals surface area contributed by atoms with E-state index in [-0.39, 0.29) is 0 Å². The fourth-order valence-corrected chi connectivity index (χ4v) is 2.22.